The van der Waals surface area contributed by atoms with Crippen LogP contribution in [0.3, 0.4) is 0 Å². The molecule has 0 unspecified atom stereocenters. The number of nitrogens with one attached hydrogen (secondary N) is 1. The van der Waals surface area contributed by atoms with Gasteiger partial charge in [0.15, 0.2) is 5.82 Å². The van der Waals surface area contributed by atoms with Gasteiger partial charge in [0.05, 0.1) is 18.3 Å². The van der Waals surface area contributed by atoms with E-state index in [1.54, 1.807) is 7.11 Å². The maximum absolute atomic E-state index is 13.7. The standard InChI is InChI=1S/C32H35N7O2/c1-22-13-14-23(2)29-25(22)21-26(32(40)33-29)30(31-34-35-36-39(31)16-15-24-9-5-4-6-10-24)38-19-17-37(18-20-38)27-11-7-8-12-28(27)41-3/h4-14,21,30H,15-20H2,1-3H3,(H,33,40)/t30-/m1/s1. The molecule has 1 fully saturated rings. The lowest BCUT2D eigenvalue weighted by Crippen LogP contribution is -2.49. The van der Waals surface area contributed by atoms with E-state index < -0.39 is 6.04 Å². The largest absolute Gasteiger partial charge is 0.495 e. The number of fused-ring (bicyclic) bond motifs is 1. The SMILES string of the molecule is COc1ccccc1N1CCN([C@H](c2cc3c(C)ccc(C)c3[nH]c2=O)c2nnnn2CCc2ccccc2)CC1. The number of nitrogens with zero attached hydrogens (tertiary/aromatic N) is 6. The summed E-state index contributed by atoms with van der Waals surface area (Å²) < 4.78 is 7.49. The first-order valence-electron chi connectivity index (χ1n) is 14.1. The van der Waals surface area contributed by atoms with E-state index in [9.17, 15) is 4.79 Å². The number of piperazine rings is 1. The minimum absolute atomic E-state index is 0.110. The summed E-state index contributed by atoms with van der Waals surface area (Å²) in [5, 5.41) is 14.0. The van der Waals surface area contributed by atoms with Gasteiger partial charge in [-0.15, -0.1) is 5.10 Å². The van der Waals surface area contributed by atoms with Crippen LogP contribution in [0.2, 0.25) is 0 Å². The molecule has 41 heavy (non-hydrogen) atoms. The van der Waals surface area contributed by atoms with E-state index in [4.69, 9.17) is 4.74 Å². The first kappa shape index (κ1) is 26.7. The van der Waals surface area contributed by atoms with Gasteiger partial charge in [0.1, 0.15) is 11.8 Å². The van der Waals surface area contributed by atoms with E-state index in [0.717, 1.165) is 66.1 Å². The van der Waals surface area contributed by atoms with E-state index in [0.29, 0.717) is 17.9 Å². The van der Waals surface area contributed by atoms with Crippen LogP contribution in [-0.2, 0) is 13.0 Å². The smallest absolute Gasteiger partial charge is 0.253 e. The number of aromatic amines is 1. The van der Waals surface area contributed by atoms with E-state index in [-0.39, 0.29) is 5.56 Å². The summed E-state index contributed by atoms with van der Waals surface area (Å²) in [6.45, 7) is 7.76. The quantitative estimate of drug-likeness (QED) is 0.309. The van der Waals surface area contributed by atoms with E-state index in [1.807, 2.05) is 60.1 Å². The Morgan fingerprint density at radius 2 is 1.66 bits per heavy atom. The predicted molar refractivity (Wildman–Crippen MR) is 161 cm³/mol. The lowest BCUT2D eigenvalue weighted by atomic mass is 9.99. The Hall–Kier alpha value is -4.50. The van der Waals surface area contributed by atoms with Crippen molar-refractivity contribution in [2.75, 3.05) is 38.2 Å². The van der Waals surface area contributed by atoms with Crippen LogP contribution in [0.25, 0.3) is 10.9 Å². The number of rotatable bonds is 8. The minimum Gasteiger partial charge on any atom is -0.495 e. The Balaban J connectivity index is 1.37. The predicted octanol–water partition coefficient (Wildman–Crippen LogP) is 4.29. The van der Waals surface area contributed by atoms with Crippen LogP contribution in [0.1, 0.15) is 34.1 Å². The summed E-state index contributed by atoms with van der Waals surface area (Å²) in [5.41, 5.74) is 5.88. The van der Waals surface area contributed by atoms with Crippen LogP contribution in [-0.4, -0.2) is 63.4 Å². The normalized spacial score (nSPS) is 14.9. The van der Waals surface area contributed by atoms with Crippen molar-refractivity contribution in [3.05, 3.63) is 111 Å². The molecule has 1 N–H and O–H groups in total. The molecule has 0 aliphatic carbocycles. The Morgan fingerprint density at radius 1 is 0.927 bits per heavy atom. The Bertz CT molecular complexity index is 1700. The average molecular weight is 550 g/mol. The van der Waals surface area contributed by atoms with Gasteiger partial charge in [0.2, 0.25) is 0 Å². The highest BCUT2D eigenvalue weighted by Gasteiger charge is 2.33. The van der Waals surface area contributed by atoms with Gasteiger partial charge in [-0.2, -0.15) is 0 Å². The highest BCUT2D eigenvalue weighted by molar-refractivity contribution is 5.85. The maximum Gasteiger partial charge on any atom is 0.253 e. The summed E-state index contributed by atoms with van der Waals surface area (Å²) in [6, 6.07) is 24.2. The molecule has 0 saturated carbocycles. The molecule has 0 radical (unpaired) electrons. The number of aryl methyl sites for hydroxylation is 4. The lowest BCUT2D eigenvalue weighted by molar-refractivity contribution is 0.199. The van der Waals surface area contributed by atoms with Gasteiger partial charge in [-0.1, -0.05) is 54.6 Å². The molecule has 9 nitrogen and oxygen atoms in total. The third kappa shape index (κ3) is 5.32. The molecule has 3 heterocycles. The molecule has 9 heteroatoms. The molecule has 3 aromatic carbocycles. The summed E-state index contributed by atoms with van der Waals surface area (Å²) in [6.07, 6.45) is 0.791. The van der Waals surface area contributed by atoms with Crippen molar-refractivity contribution >= 4 is 16.6 Å². The van der Waals surface area contributed by atoms with Gasteiger partial charge in [0, 0.05) is 43.7 Å². The molecular formula is C32H35N7O2. The number of anilines is 1. The van der Waals surface area contributed by atoms with Gasteiger partial charge in [-0.05, 0) is 65.6 Å². The molecule has 1 aliphatic rings. The number of hydrogen-bond donors (Lipinski definition) is 1. The van der Waals surface area contributed by atoms with Gasteiger partial charge < -0.3 is 14.6 Å². The molecule has 1 atom stereocenters. The van der Waals surface area contributed by atoms with Crippen LogP contribution in [0.15, 0.2) is 77.6 Å². The topological polar surface area (TPSA) is 92.2 Å². The monoisotopic (exact) mass is 549 g/mol. The first-order chi connectivity index (χ1) is 20.0. The average Bonchev–Trinajstić information content (AvgIpc) is 3.47. The van der Waals surface area contributed by atoms with Crippen molar-refractivity contribution in [1.82, 2.24) is 30.1 Å². The molecule has 0 bridgehead atoms. The fourth-order valence-corrected chi connectivity index (χ4v) is 5.85. The number of pyridine rings is 1. The Labute approximate surface area is 239 Å². The highest BCUT2D eigenvalue weighted by atomic mass is 16.5. The first-order valence-corrected chi connectivity index (χ1v) is 14.1. The van der Waals surface area contributed by atoms with Crippen molar-refractivity contribution in [2.45, 2.75) is 32.9 Å². The van der Waals surface area contributed by atoms with E-state index in [2.05, 4.69) is 61.5 Å². The zero-order chi connectivity index (χ0) is 28.3. The third-order valence-electron chi connectivity index (χ3n) is 8.13. The van der Waals surface area contributed by atoms with Crippen LogP contribution in [0.5, 0.6) is 5.75 Å². The number of H-pyrrole nitrogens is 1. The molecule has 1 saturated heterocycles. The van der Waals surface area contributed by atoms with Crippen molar-refractivity contribution in [1.29, 1.82) is 0 Å². The molecule has 1 aliphatic heterocycles. The zero-order valence-electron chi connectivity index (χ0n) is 23.7. The molecule has 210 valence electrons. The number of hydrogen-bond acceptors (Lipinski definition) is 7. The van der Waals surface area contributed by atoms with Crippen molar-refractivity contribution in [2.24, 2.45) is 0 Å². The van der Waals surface area contributed by atoms with E-state index in [1.165, 1.54) is 5.56 Å². The number of tetrazole rings is 1. The van der Waals surface area contributed by atoms with Gasteiger partial charge in [-0.25, -0.2) is 4.68 Å². The molecular weight excluding hydrogens is 514 g/mol. The van der Waals surface area contributed by atoms with E-state index >= 15 is 0 Å². The molecule has 0 amide bonds. The van der Waals surface area contributed by atoms with Crippen molar-refractivity contribution < 1.29 is 4.74 Å². The van der Waals surface area contributed by atoms with Gasteiger partial charge >= 0.3 is 0 Å². The number of ether oxygens (including phenoxy) is 1. The molecule has 5 aromatic rings. The Kier molecular flexibility index (Phi) is 7.52. The fraction of sp³-hybridized carbons (Fsp3) is 0.312. The zero-order valence-corrected chi connectivity index (χ0v) is 23.7. The molecule has 0 spiro atoms. The van der Waals surface area contributed by atoms with Crippen molar-refractivity contribution in [3.63, 3.8) is 0 Å². The Morgan fingerprint density at radius 3 is 2.44 bits per heavy atom. The third-order valence-corrected chi connectivity index (χ3v) is 8.13. The van der Waals surface area contributed by atoms with Crippen LogP contribution >= 0.6 is 0 Å². The maximum atomic E-state index is 13.7. The van der Waals surface area contributed by atoms with Gasteiger partial charge in [0.25, 0.3) is 5.56 Å². The van der Waals surface area contributed by atoms with Crippen LogP contribution in [0, 0.1) is 13.8 Å². The lowest BCUT2D eigenvalue weighted by Gasteiger charge is -2.40. The minimum atomic E-state index is -0.395. The van der Waals surface area contributed by atoms with Gasteiger partial charge in [-0.3, -0.25) is 9.69 Å². The summed E-state index contributed by atoms with van der Waals surface area (Å²) in [7, 11) is 1.70. The summed E-state index contributed by atoms with van der Waals surface area (Å²) >= 11 is 0. The second-order valence-electron chi connectivity index (χ2n) is 10.6. The fourth-order valence-electron chi connectivity index (χ4n) is 5.85. The van der Waals surface area contributed by atoms with Crippen LogP contribution in [0.4, 0.5) is 5.69 Å². The second-order valence-corrected chi connectivity index (χ2v) is 10.6. The molecule has 2 aromatic heterocycles. The highest BCUT2D eigenvalue weighted by Crippen LogP contribution is 2.32. The van der Waals surface area contributed by atoms with Crippen LogP contribution < -0.4 is 15.2 Å². The number of methoxy groups -OCH3 is 1. The van der Waals surface area contributed by atoms with Crippen molar-refractivity contribution in [3.8, 4) is 5.75 Å². The summed E-state index contributed by atoms with van der Waals surface area (Å²) in [5.74, 6) is 1.54. The number of aromatic nitrogens is 5. The second kappa shape index (κ2) is 11.5. The molecule has 6 rings (SSSR count). The summed E-state index contributed by atoms with van der Waals surface area (Å²) in [4.78, 5) is 21.6. The number of para-hydroxylation sites is 2. The number of benzene rings is 3.